The Morgan fingerprint density at radius 1 is 1.04 bits per heavy atom. The third-order valence-electron chi connectivity index (χ3n) is 4.41. The van der Waals surface area contributed by atoms with E-state index in [0.29, 0.717) is 10.0 Å². The SMILES string of the molecule is Clc1cccc(-n2nc(-c3ccc(Br)cc3)c3c2NCCCC3)c1Cl. The highest BCUT2D eigenvalue weighted by Crippen LogP contribution is 2.37. The number of hydrogen-bond donors (Lipinski definition) is 1. The normalized spacial score (nSPS) is 13.9. The number of halogens is 3. The van der Waals surface area contributed by atoms with Crippen molar-refractivity contribution in [1.29, 1.82) is 0 Å². The van der Waals surface area contributed by atoms with Crippen LogP contribution in [0.2, 0.25) is 10.0 Å². The summed E-state index contributed by atoms with van der Waals surface area (Å²) >= 11 is 16.2. The summed E-state index contributed by atoms with van der Waals surface area (Å²) in [6.07, 6.45) is 3.27. The summed E-state index contributed by atoms with van der Waals surface area (Å²) in [6, 6.07) is 13.9. The van der Waals surface area contributed by atoms with E-state index < -0.39 is 0 Å². The van der Waals surface area contributed by atoms with Gasteiger partial charge in [0.05, 0.1) is 21.4 Å². The minimum Gasteiger partial charge on any atom is -0.370 e. The van der Waals surface area contributed by atoms with Crippen LogP contribution in [0.25, 0.3) is 16.9 Å². The maximum absolute atomic E-state index is 6.46. The van der Waals surface area contributed by atoms with Crippen LogP contribution in [0.15, 0.2) is 46.9 Å². The first-order valence-electron chi connectivity index (χ1n) is 8.21. The molecular weight excluding hydrogens is 421 g/mol. The molecule has 0 radical (unpaired) electrons. The van der Waals surface area contributed by atoms with Crippen molar-refractivity contribution in [3.05, 3.63) is 62.5 Å². The molecule has 0 bridgehead atoms. The van der Waals surface area contributed by atoms with Crippen LogP contribution >= 0.6 is 39.1 Å². The van der Waals surface area contributed by atoms with Gasteiger partial charge in [-0.15, -0.1) is 0 Å². The molecule has 1 N–H and O–H groups in total. The van der Waals surface area contributed by atoms with Gasteiger partial charge in [0.1, 0.15) is 5.82 Å². The van der Waals surface area contributed by atoms with Gasteiger partial charge in [0, 0.05) is 22.1 Å². The monoisotopic (exact) mass is 435 g/mol. The first-order chi connectivity index (χ1) is 12.1. The van der Waals surface area contributed by atoms with Gasteiger partial charge in [0.2, 0.25) is 0 Å². The largest absolute Gasteiger partial charge is 0.370 e. The zero-order valence-corrected chi connectivity index (χ0v) is 16.5. The smallest absolute Gasteiger partial charge is 0.133 e. The highest BCUT2D eigenvalue weighted by atomic mass is 79.9. The minimum atomic E-state index is 0.517. The van der Waals surface area contributed by atoms with Crippen LogP contribution in [-0.4, -0.2) is 16.3 Å². The number of benzene rings is 2. The lowest BCUT2D eigenvalue weighted by Gasteiger charge is -2.11. The van der Waals surface area contributed by atoms with E-state index in [0.717, 1.165) is 53.0 Å². The molecular formula is C19H16BrCl2N3. The molecule has 2 heterocycles. The standard InChI is InChI=1S/C19H16BrCl2N3/c20-13-9-7-12(8-10-13)18-14-4-1-2-11-23-19(14)25(24-18)16-6-3-5-15(21)17(16)22/h3,5-10,23H,1-2,4,11H2. The molecule has 0 atom stereocenters. The Morgan fingerprint density at radius 3 is 2.64 bits per heavy atom. The van der Waals surface area contributed by atoms with Crippen LogP contribution in [0.4, 0.5) is 5.82 Å². The highest BCUT2D eigenvalue weighted by molar-refractivity contribution is 9.10. The Morgan fingerprint density at radius 2 is 1.84 bits per heavy atom. The van der Waals surface area contributed by atoms with Gasteiger partial charge in [0.25, 0.3) is 0 Å². The summed E-state index contributed by atoms with van der Waals surface area (Å²) in [5.74, 6) is 1.01. The maximum Gasteiger partial charge on any atom is 0.133 e. The van der Waals surface area contributed by atoms with Crippen molar-refractivity contribution in [3.63, 3.8) is 0 Å². The lowest BCUT2D eigenvalue weighted by atomic mass is 10.0. The summed E-state index contributed by atoms with van der Waals surface area (Å²) in [5.41, 5.74) is 4.12. The molecule has 0 amide bonds. The molecule has 4 rings (SSSR count). The number of aromatic nitrogens is 2. The van der Waals surface area contributed by atoms with E-state index in [1.165, 1.54) is 5.56 Å². The van der Waals surface area contributed by atoms with E-state index in [2.05, 4.69) is 33.4 Å². The fourth-order valence-electron chi connectivity index (χ4n) is 3.17. The van der Waals surface area contributed by atoms with Crippen LogP contribution in [0, 0.1) is 0 Å². The Hall–Kier alpha value is -1.49. The van der Waals surface area contributed by atoms with E-state index in [9.17, 15) is 0 Å². The van der Waals surface area contributed by atoms with Gasteiger partial charge in [-0.05, 0) is 43.5 Å². The number of anilines is 1. The van der Waals surface area contributed by atoms with Crippen molar-refractivity contribution >= 4 is 44.9 Å². The number of rotatable bonds is 2. The zero-order chi connectivity index (χ0) is 17.4. The molecule has 25 heavy (non-hydrogen) atoms. The second kappa shape index (κ2) is 7.02. The van der Waals surface area contributed by atoms with Crippen LogP contribution in [-0.2, 0) is 6.42 Å². The first-order valence-corrected chi connectivity index (χ1v) is 9.76. The number of nitrogens with zero attached hydrogens (tertiary/aromatic N) is 2. The van der Waals surface area contributed by atoms with Gasteiger partial charge in [0.15, 0.2) is 0 Å². The average Bonchev–Trinajstić information content (AvgIpc) is 2.80. The molecule has 0 saturated carbocycles. The second-order valence-electron chi connectivity index (χ2n) is 6.05. The van der Waals surface area contributed by atoms with Crippen LogP contribution in [0.3, 0.4) is 0 Å². The summed E-state index contributed by atoms with van der Waals surface area (Å²) in [6.45, 7) is 0.927. The van der Waals surface area contributed by atoms with Gasteiger partial charge in [-0.1, -0.05) is 57.3 Å². The number of fused-ring (bicyclic) bond motifs is 1. The lowest BCUT2D eigenvalue weighted by Crippen LogP contribution is -2.07. The van der Waals surface area contributed by atoms with Crippen molar-refractivity contribution in [1.82, 2.24) is 9.78 Å². The Balaban J connectivity index is 1.93. The molecule has 1 aliphatic rings. The number of hydrogen-bond acceptors (Lipinski definition) is 2. The van der Waals surface area contributed by atoms with Crippen molar-refractivity contribution in [2.24, 2.45) is 0 Å². The molecule has 128 valence electrons. The second-order valence-corrected chi connectivity index (χ2v) is 7.75. The summed E-state index contributed by atoms with van der Waals surface area (Å²) < 4.78 is 2.95. The molecule has 1 aliphatic heterocycles. The van der Waals surface area contributed by atoms with Gasteiger partial charge >= 0.3 is 0 Å². The predicted octanol–water partition coefficient (Wildman–Crippen LogP) is 6.36. The third-order valence-corrected chi connectivity index (χ3v) is 5.74. The summed E-state index contributed by atoms with van der Waals surface area (Å²) in [5, 5.41) is 9.48. The molecule has 0 saturated heterocycles. The number of nitrogens with one attached hydrogen (secondary N) is 1. The minimum absolute atomic E-state index is 0.517. The fraction of sp³-hybridized carbons (Fsp3) is 0.211. The molecule has 3 aromatic rings. The van der Waals surface area contributed by atoms with E-state index >= 15 is 0 Å². The first kappa shape index (κ1) is 17.0. The van der Waals surface area contributed by atoms with E-state index in [1.807, 2.05) is 28.9 Å². The quantitative estimate of drug-likeness (QED) is 0.506. The third kappa shape index (κ3) is 3.19. The van der Waals surface area contributed by atoms with E-state index in [-0.39, 0.29) is 0 Å². The van der Waals surface area contributed by atoms with E-state index in [1.54, 1.807) is 6.07 Å². The lowest BCUT2D eigenvalue weighted by molar-refractivity contribution is 0.780. The maximum atomic E-state index is 6.46. The van der Waals surface area contributed by atoms with E-state index in [4.69, 9.17) is 28.3 Å². The molecule has 3 nitrogen and oxygen atoms in total. The molecule has 2 aromatic carbocycles. The van der Waals surface area contributed by atoms with Gasteiger partial charge < -0.3 is 5.32 Å². The van der Waals surface area contributed by atoms with Gasteiger partial charge in [-0.25, -0.2) is 4.68 Å². The Labute approximate surface area is 165 Å². The molecule has 0 unspecified atom stereocenters. The predicted molar refractivity (Wildman–Crippen MR) is 108 cm³/mol. The molecule has 6 heteroatoms. The van der Waals surface area contributed by atoms with Crippen LogP contribution in [0.5, 0.6) is 0 Å². The van der Waals surface area contributed by atoms with Gasteiger partial charge in [-0.2, -0.15) is 5.10 Å². The van der Waals surface area contributed by atoms with Crippen molar-refractivity contribution < 1.29 is 0 Å². The van der Waals surface area contributed by atoms with Gasteiger partial charge in [-0.3, -0.25) is 0 Å². The van der Waals surface area contributed by atoms with Crippen molar-refractivity contribution in [2.45, 2.75) is 19.3 Å². The van der Waals surface area contributed by atoms with Crippen LogP contribution < -0.4 is 5.32 Å². The van der Waals surface area contributed by atoms with Crippen molar-refractivity contribution in [3.8, 4) is 16.9 Å². The van der Waals surface area contributed by atoms with Crippen LogP contribution in [0.1, 0.15) is 18.4 Å². The highest BCUT2D eigenvalue weighted by Gasteiger charge is 2.23. The fourth-order valence-corrected chi connectivity index (χ4v) is 3.81. The Bertz CT molecular complexity index is 919. The summed E-state index contributed by atoms with van der Waals surface area (Å²) in [4.78, 5) is 0. The van der Waals surface area contributed by atoms with Crippen molar-refractivity contribution in [2.75, 3.05) is 11.9 Å². The Kier molecular flexibility index (Phi) is 4.76. The molecule has 0 aliphatic carbocycles. The molecule has 0 fully saturated rings. The topological polar surface area (TPSA) is 29.9 Å². The molecule has 1 aromatic heterocycles. The summed E-state index contributed by atoms with van der Waals surface area (Å²) in [7, 11) is 0. The molecule has 0 spiro atoms. The zero-order valence-electron chi connectivity index (χ0n) is 13.4. The average molecular weight is 437 g/mol.